The first-order valence-electron chi connectivity index (χ1n) is 20.6. The molecule has 0 aliphatic rings. The standard InChI is InChI=1S/2C20H37O6S.Co/c2*1-5-9-11-16(7-3)14-25-19(21)13-18(27(23)24)20(22)26-15-17(8-4)12-10-6-2;/h2*16-18H,5-15H2,1-4H3;/q2*-1;+2. The van der Waals surface area contributed by atoms with Crippen LogP contribution in [0.5, 0.6) is 0 Å². The number of hydrogen-bond donors (Lipinski definition) is 0. The Hall–Kier alpha value is -1.71. The zero-order valence-corrected chi connectivity index (χ0v) is 37.7. The van der Waals surface area contributed by atoms with E-state index in [1.165, 1.54) is 0 Å². The predicted molar refractivity (Wildman–Crippen MR) is 211 cm³/mol. The molecule has 0 aromatic rings. The van der Waals surface area contributed by atoms with E-state index in [-0.39, 0.29) is 66.9 Å². The van der Waals surface area contributed by atoms with Gasteiger partial charge in [0.05, 0.1) is 26.4 Å². The number of rotatable bonds is 32. The van der Waals surface area contributed by atoms with Gasteiger partial charge in [-0.2, -0.15) is 0 Å². The van der Waals surface area contributed by atoms with Gasteiger partial charge in [-0.1, -0.05) is 154 Å². The summed E-state index contributed by atoms with van der Waals surface area (Å²) in [6.45, 7) is 17.4. The quantitative estimate of drug-likeness (QED) is 0.0357. The van der Waals surface area contributed by atoms with Gasteiger partial charge in [0, 0.05) is 23.3 Å². The molecule has 0 aromatic heterocycles. The van der Waals surface area contributed by atoms with E-state index in [0.29, 0.717) is 0 Å². The first-order chi connectivity index (χ1) is 25.8. The van der Waals surface area contributed by atoms with Crippen LogP contribution < -0.4 is 0 Å². The molecule has 0 bridgehead atoms. The third kappa shape index (κ3) is 30.1. The SMILES string of the molecule is CCCCC(CC)COC(=O)CC(C(=O)OCC(CC)CCCC)[S-](=O)=O.CCCCC(CC)COC(=O)CC(C(=O)OCC(CC)CCCC)[S-](=O)=O.[Co+2]. The summed E-state index contributed by atoms with van der Waals surface area (Å²) in [7, 11) is -5.44. The van der Waals surface area contributed by atoms with Crippen molar-refractivity contribution in [2.45, 2.75) is 181 Å². The Morgan fingerprint density at radius 3 is 0.855 bits per heavy atom. The largest absolute Gasteiger partial charge is 2.00 e. The average molecular weight is 870 g/mol. The second kappa shape index (κ2) is 37.8. The molecule has 0 heterocycles. The van der Waals surface area contributed by atoms with Crippen LogP contribution in [-0.2, 0) is 93.1 Å². The Kier molecular flexibility index (Phi) is 39.6. The molecule has 0 rings (SSSR count). The van der Waals surface area contributed by atoms with Crippen LogP contribution in [0.3, 0.4) is 0 Å². The molecule has 6 unspecified atom stereocenters. The maximum absolute atomic E-state index is 12.1. The summed E-state index contributed by atoms with van der Waals surface area (Å²) in [6.07, 6.45) is 14.8. The van der Waals surface area contributed by atoms with Crippen molar-refractivity contribution in [1.82, 2.24) is 0 Å². The van der Waals surface area contributed by atoms with Crippen molar-refractivity contribution >= 4 is 45.3 Å². The summed E-state index contributed by atoms with van der Waals surface area (Å²) >= 11 is 0. The van der Waals surface area contributed by atoms with Gasteiger partial charge < -0.3 is 35.8 Å². The third-order valence-electron chi connectivity index (χ3n) is 9.75. The molecule has 1 radical (unpaired) electrons. The van der Waals surface area contributed by atoms with Crippen molar-refractivity contribution in [3.05, 3.63) is 0 Å². The fourth-order valence-electron chi connectivity index (χ4n) is 5.48. The minimum Gasteiger partial charge on any atom is -0.466 e. The molecule has 0 amide bonds. The first kappa shape index (κ1) is 57.6. The van der Waals surface area contributed by atoms with E-state index in [1.54, 1.807) is 0 Å². The third-order valence-corrected chi connectivity index (χ3v) is 11.4. The van der Waals surface area contributed by atoms with Crippen LogP contribution in [-0.4, -0.2) is 60.8 Å². The van der Waals surface area contributed by atoms with Crippen LogP contribution in [0, 0.1) is 23.7 Å². The molecule has 0 aliphatic heterocycles. The molecule has 0 N–H and O–H groups in total. The van der Waals surface area contributed by atoms with Crippen LogP contribution in [0.4, 0.5) is 0 Å². The molecule has 12 nitrogen and oxygen atoms in total. The molecule has 0 fully saturated rings. The Labute approximate surface area is 347 Å². The van der Waals surface area contributed by atoms with Crippen molar-refractivity contribution < 1.29 is 71.7 Å². The second-order valence-electron chi connectivity index (χ2n) is 14.2. The molecule has 55 heavy (non-hydrogen) atoms. The van der Waals surface area contributed by atoms with Gasteiger partial charge in [-0.3, -0.25) is 19.2 Å². The van der Waals surface area contributed by atoms with Gasteiger partial charge in [0.15, 0.2) is 0 Å². The summed E-state index contributed by atoms with van der Waals surface area (Å²) in [6, 6.07) is 0. The van der Waals surface area contributed by atoms with E-state index in [2.05, 4.69) is 27.7 Å². The fourth-order valence-corrected chi connectivity index (χ4v) is 6.48. The molecular weight excluding hydrogens is 795 g/mol. The summed E-state index contributed by atoms with van der Waals surface area (Å²) in [4.78, 5) is 48.2. The van der Waals surface area contributed by atoms with Crippen LogP contribution >= 0.6 is 0 Å². The van der Waals surface area contributed by atoms with Gasteiger partial charge in [0.25, 0.3) is 11.9 Å². The van der Waals surface area contributed by atoms with E-state index in [1.807, 2.05) is 27.7 Å². The van der Waals surface area contributed by atoms with E-state index in [4.69, 9.17) is 18.9 Å². The molecule has 0 saturated carbocycles. The van der Waals surface area contributed by atoms with Gasteiger partial charge >= 0.3 is 28.7 Å². The van der Waals surface area contributed by atoms with Crippen molar-refractivity contribution in [2.24, 2.45) is 23.7 Å². The van der Waals surface area contributed by atoms with Gasteiger partial charge in [0.2, 0.25) is 0 Å². The topological polar surface area (TPSA) is 173 Å². The normalized spacial score (nSPS) is 14.3. The zero-order chi connectivity index (χ0) is 41.3. The molecule has 0 spiro atoms. The maximum atomic E-state index is 12.1. The number of unbranched alkanes of at least 4 members (excludes halogenated alkanes) is 4. The Morgan fingerprint density at radius 2 is 0.655 bits per heavy atom. The van der Waals surface area contributed by atoms with Crippen LogP contribution in [0.2, 0.25) is 0 Å². The predicted octanol–water partition coefficient (Wildman–Crippen LogP) is 9.14. The van der Waals surface area contributed by atoms with Gasteiger partial charge in [-0.05, 0) is 49.4 Å². The van der Waals surface area contributed by atoms with Crippen LogP contribution in [0.25, 0.3) is 0 Å². The summed E-state index contributed by atoms with van der Waals surface area (Å²) in [5.41, 5.74) is 0. The monoisotopic (exact) mass is 869 g/mol. The molecular formula is C40H74CoO12S2. The van der Waals surface area contributed by atoms with Crippen molar-refractivity contribution in [1.29, 1.82) is 0 Å². The molecule has 15 heteroatoms. The number of esters is 4. The van der Waals surface area contributed by atoms with E-state index in [9.17, 15) is 36.0 Å². The zero-order valence-electron chi connectivity index (χ0n) is 35.1. The van der Waals surface area contributed by atoms with Gasteiger partial charge in [0.1, 0.15) is 0 Å². The minimum absolute atomic E-state index is 0. The molecule has 0 aromatic carbocycles. The van der Waals surface area contributed by atoms with Gasteiger partial charge in [-0.25, -0.2) is 0 Å². The molecule has 327 valence electrons. The van der Waals surface area contributed by atoms with Crippen molar-refractivity contribution in [3.63, 3.8) is 0 Å². The van der Waals surface area contributed by atoms with Gasteiger partial charge in [-0.15, -0.1) is 0 Å². The van der Waals surface area contributed by atoms with Crippen LogP contribution in [0.1, 0.15) is 171 Å². The second-order valence-corrected chi connectivity index (χ2v) is 16.4. The van der Waals surface area contributed by atoms with E-state index >= 15 is 0 Å². The molecule has 0 aliphatic carbocycles. The average Bonchev–Trinajstić information content (AvgIpc) is 3.16. The van der Waals surface area contributed by atoms with E-state index < -0.39 is 68.6 Å². The summed E-state index contributed by atoms with van der Waals surface area (Å²) in [5.74, 6) is -2.12. The van der Waals surface area contributed by atoms with Crippen LogP contribution in [0.15, 0.2) is 0 Å². The number of carbonyl (C=O) groups is 4. The first-order valence-corrected chi connectivity index (χ1v) is 22.9. The molecule has 6 atom stereocenters. The summed E-state index contributed by atoms with van der Waals surface area (Å²) in [5, 5.41) is -3.01. The maximum Gasteiger partial charge on any atom is 2.00 e. The van der Waals surface area contributed by atoms with Crippen molar-refractivity contribution in [2.75, 3.05) is 26.4 Å². The smallest absolute Gasteiger partial charge is 0.466 e. The number of hydrogen-bond acceptors (Lipinski definition) is 14. The molecule has 0 saturated heterocycles. The van der Waals surface area contributed by atoms with E-state index in [0.717, 1.165) is 103 Å². The minimum atomic E-state index is -2.72. The summed E-state index contributed by atoms with van der Waals surface area (Å²) < 4.78 is 66.3. The Balaban J connectivity index is -0.000000966. The number of ether oxygens (including phenoxy) is 4. The Bertz CT molecular complexity index is 1060. The fraction of sp³-hybridized carbons (Fsp3) is 0.900. The van der Waals surface area contributed by atoms with Crippen molar-refractivity contribution in [3.8, 4) is 0 Å². The number of carbonyl (C=O) groups excluding carboxylic acids is 4. The Morgan fingerprint density at radius 1 is 0.418 bits per heavy atom.